The molecule has 19 heavy (non-hydrogen) atoms. The van der Waals surface area contributed by atoms with Gasteiger partial charge in [0, 0.05) is 5.56 Å². The number of imidazole rings is 1. The van der Waals surface area contributed by atoms with Crippen LogP contribution in [0, 0.1) is 6.92 Å². The predicted molar refractivity (Wildman–Crippen MR) is 69.8 cm³/mol. The Morgan fingerprint density at radius 3 is 3.05 bits per heavy atom. The standard InChI is InChI=1S/C13H12N4O2/c1-7-15-10-3-2-8(4-12(10)16-7)9-6-14-17-11(9)5-13(18)19/h2-4,6H,5H2,1H3,(H,14,17)(H,15,16)(H,18,19). The van der Waals surface area contributed by atoms with E-state index in [-0.39, 0.29) is 6.42 Å². The number of rotatable bonds is 3. The maximum Gasteiger partial charge on any atom is 0.309 e. The molecule has 2 aromatic heterocycles. The highest BCUT2D eigenvalue weighted by Crippen LogP contribution is 2.25. The number of aromatic nitrogens is 4. The summed E-state index contributed by atoms with van der Waals surface area (Å²) in [4.78, 5) is 18.3. The summed E-state index contributed by atoms with van der Waals surface area (Å²) in [7, 11) is 0. The van der Waals surface area contributed by atoms with Gasteiger partial charge in [-0.2, -0.15) is 5.10 Å². The lowest BCUT2D eigenvalue weighted by molar-refractivity contribution is -0.136. The van der Waals surface area contributed by atoms with Gasteiger partial charge in [-0.1, -0.05) is 6.07 Å². The number of nitrogens with zero attached hydrogens (tertiary/aromatic N) is 2. The topological polar surface area (TPSA) is 94.7 Å². The summed E-state index contributed by atoms with van der Waals surface area (Å²) in [5.74, 6) is -0.0333. The molecule has 0 aliphatic heterocycles. The first-order valence-electron chi connectivity index (χ1n) is 5.84. The van der Waals surface area contributed by atoms with Crippen molar-refractivity contribution in [3.05, 3.63) is 35.9 Å². The van der Waals surface area contributed by atoms with Crippen molar-refractivity contribution < 1.29 is 9.90 Å². The van der Waals surface area contributed by atoms with E-state index in [2.05, 4.69) is 20.2 Å². The molecule has 0 aliphatic rings. The fraction of sp³-hybridized carbons (Fsp3) is 0.154. The second-order valence-electron chi connectivity index (χ2n) is 4.39. The number of nitrogens with one attached hydrogen (secondary N) is 2. The van der Waals surface area contributed by atoms with Crippen LogP contribution in [0.15, 0.2) is 24.4 Å². The molecule has 0 atom stereocenters. The zero-order valence-electron chi connectivity index (χ0n) is 10.3. The molecule has 1 aromatic carbocycles. The summed E-state index contributed by atoms with van der Waals surface area (Å²) in [5.41, 5.74) is 4.14. The minimum absolute atomic E-state index is 0.0740. The van der Waals surface area contributed by atoms with Crippen LogP contribution in [0.4, 0.5) is 0 Å². The molecule has 3 rings (SSSR count). The largest absolute Gasteiger partial charge is 0.481 e. The normalized spacial score (nSPS) is 11.0. The van der Waals surface area contributed by atoms with Gasteiger partial charge < -0.3 is 10.1 Å². The number of carboxylic acids is 1. The number of aryl methyl sites for hydroxylation is 1. The zero-order valence-corrected chi connectivity index (χ0v) is 10.3. The fourth-order valence-corrected chi connectivity index (χ4v) is 2.15. The monoisotopic (exact) mass is 256 g/mol. The third-order valence-corrected chi connectivity index (χ3v) is 2.96. The Hall–Kier alpha value is -2.63. The van der Waals surface area contributed by atoms with Crippen molar-refractivity contribution in [1.82, 2.24) is 20.2 Å². The lowest BCUT2D eigenvalue weighted by atomic mass is 10.0. The highest BCUT2D eigenvalue weighted by atomic mass is 16.4. The van der Waals surface area contributed by atoms with E-state index in [0.717, 1.165) is 28.0 Å². The van der Waals surface area contributed by atoms with Crippen LogP contribution in [0.5, 0.6) is 0 Å². The molecule has 0 spiro atoms. The van der Waals surface area contributed by atoms with Crippen LogP contribution in [0.25, 0.3) is 22.2 Å². The number of H-pyrrole nitrogens is 2. The average molecular weight is 256 g/mol. The predicted octanol–water partition coefficient (Wildman–Crippen LogP) is 1.89. The van der Waals surface area contributed by atoms with E-state index in [1.54, 1.807) is 6.20 Å². The van der Waals surface area contributed by atoms with Crippen LogP contribution in [0.2, 0.25) is 0 Å². The number of hydrogen-bond donors (Lipinski definition) is 3. The van der Waals surface area contributed by atoms with Crippen molar-refractivity contribution in [2.45, 2.75) is 13.3 Å². The van der Waals surface area contributed by atoms with Crippen LogP contribution >= 0.6 is 0 Å². The fourth-order valence-electron chi connectivity index (χ4n) is 2.15. The highest BCUT2D eigenvalue weighted by molar-refractivity contribution is 5.83. The van der Waals surface area contributed by atoms with E-state index in [1.807, 2.05) is 25.1 Å². The molecule has 3 aromatic rings. The van der Waals surface area contributed by atoms with Gasteiger partial charge in [-0.3, -0.25) is 9.89 Å². The highest BCUT2D eigenvalue weighted by Gasteiger charge is 2.12. The van der Waals surface area contributed by atoms with Gasteiger partial charge in [0.15, 0.2) is 0 Å². The number of carbonyl (C=O) groups is 1. The minimum Gasteiger partial charge on any atom is -0.481 e. The Labute approximate surface area is 108 Å². The van der Waals surface area contributed by atoms with E-state index >= 15 is 0 Å². The molecular formula is C13H12N4O2. The number of fused-ring (bicyclic) bond motifs is 1. The lowest BCUT2D eigenvalue weighted by Gasteiger charge is -2.01. The van der Waals surface area contributed by atoms with E-state index < -0.39 is 5.97 Å². The molecule has 6 nitrogen and oxygen atoms in total. The van der Waals surface area contributed by atoms with Gasteiger partial charge in [0.2, 0.25) is 0 Å². The summed E-state index contributed by atoms with van der Waals surface area (Å²) in [5, 5.41) is 15.5. The molecule has 0 fully saturated rings. The quantitative estimate of drug-likeness (QED) is 0.666. The summed E-state index contributed by atoms with van der Waals surface area (Å²) in [6.45, 7) is 1.90. The lowest BCUT2D eigenvalue weighted by Crippen LogP contribution is -2.01. The van der Waals surface area contributed by atoms with Crippen molar-refractivity contribution in [3.8, 4) is 11.1 Å². The van der Waals surface area contributed by atoms with Crippen LogP contribution < -0.4 is 0 Å². The van der Waals surface area contributed by atoms with E-state index in [9.17, 15) is 4.79 Å². The number of aromatic amines is 2. The van der Waals surface area contributed by atoms with E-state index in [4.69, 9.17) is 5.11 Å². The van der Waals surface area contributed by atoms with Gasteiger partial charge in [-0.25, -0.2) is 4.98 Å². The molecule has 0 radical (unpaired) electrons. The van der Waals surface area contributed by atoms with Gasteiger partial charge in [0.25, 0.3) is 0 Å². The van der Waals surface area contributed by atoms with Crippen molar-refractivity contribution in [1.29, 1.82) is 0 Å². The molecule has 3 N–H and O–H groups in total. The van der Waals surface area contributed by atoms with Crippen LogP contribution in [-0.4, -0.2) is 31.2 Å². The van der Waals surface area contributed by atoms with Crippen molar-refractivity contribution in [3.63, 3.8) is 0 Å². The van der Waals surface area contributed by atoms with Gasteiger partial charge in [-0.15, -0.1) is 0 Å². The molecule has 0 aliphatic carbocycles. The first-order chi connectivity index (χ1) is 9.13. The summed E-state index contributed by atoms with van der Waals surface area (Å²) >= 11 is 0. The van der Waals surface area contributed by atoms with Gasteiger partial charge in [0.05, 0.1) is 29.3 Å². The summed E-state index contributed by atoms with van der Waals surface area (Å²) in [6, 6.07) is 5.77. The summed E-state index contributed by atoms with van der Waals surface area (Å²) in [6.07, 6.45) is 1.57. The van der Waals surface area contributed by atoms with Crippen molar-refractivity contribution >= 4 is 17.0 Å². The third-order valence-electron chi connectivity index (χ3n) is 2.96. The van der Waals surface area contributed by atoms with Crippen molar-refractivity contribution in [2.75, 3.05) is 0 Å². The molecule has 0 saturated carbocycles. The Morgan fingerprint density at radius 2 is 2.26 bits per heavy atom. The molecule has 96 valence electrons. The average Bonchev–Trinajstić information content (AvgIpc) is 2.92. The van der Waals surface area contributed by atoms with Gasteiger partial charge in [-0.05, 0) is 24.6 Å². The van der Waals surface area contributed by atoms with Crippen LogP contribution in [0.1, 0.15) is 11.5 Å². The number of carboxylic acid groups (broad SMARTS) is 1. The third kappa shape index (κ3) is 2.08. The zero-order chi connectivity index (χ0) is 13.4. The Kier molecular flexibility index (Phi) is 2.56. The molecule has 0 amide bonds. The number of benzene rings is 1. The second kappa shape index (κ2) is 4.24. The first-order valence-corrected chi connectivity index (χ1v) is 5.84. The first kappa shape index (κ1) is 11.5. The Bertz CT molecular complexity index is 757. The van der Waals surface area contributed by atoms with Gasteiger partial charge in [0.1, 0.15) is 5.82 Å². The SMILES string of the molecule is Cc1nc2ccc(-c3cn[nH]c3CC(=O)O)cc2[nH]1. The molecule has 6 heteroatoms. The van der Waals surface area contributed by atoms with E-state index in [0.29, 0.717) is 5.69 Å². The Morgan fingerprint density at radius 1 is 1.42 bits per heavy atom. The summed E-state index contributed by atoms with van der Waals surface area (Å²) < 4.78 is 0. The smallest absolute Gasteiger partial charge is 0.309 e. The second-order valence-corrected chi connectivity index (χ2v) is 4.39. The van der Waals surface area contributed by atoms with Crippen LogP contribution in [-0.2, 0) is 11.2 Å². The molecule has 0 saturated heterocycles. The molecule has 2 heterocycles. The van der Waals surface area contributed by atoms with Crippen LogP contribution in [0.3, 0.4) is 0 Å². The maximum absolute atomic E-state index is 10.8. The van der Waals surface area contributed by atoms with Crippen molar-refractivity contribution in [2.24, 2.45) is 0 Å². The molecule has 0 bridgehead atoms. The van der Waals surface area contributed by atoms with E-state index in [1.165, 1.54) is 0 Å². The maximum atomic E-state index is 10.8. The number of aliphatic carboxylic acids is 1. The Balaban J connectivity index is 2.08. The number of hydrogen-bond acceptors (Lipinski definition) is 3. The minimum atomic E-state index is -0.885. The van der Waals surface area contributed by atoms with Gasteiger partial charge >= 0.3 is 5.97 Å². The molecular weight excluding hydrogens is 244 g/mol. The molecule has 0 unspecified atom stereocenters.